The van der Waals surface area contributed by atoms with Crippen LogP contribution >= 0.6 is 11.6 Å². The zero-order valence-corrected chi connectivity index (χ0v) is 11.3. The number of piperazine rings is 1. The predicted octanol–water partition coefficient (Wildman–Crippen LogP) is 1.29. The predicted molar refractivity (Wildman–Crippen MR) is 73.5 cm³/mol. The molecule has 19 heavy (non-hydrogen) atoms. The Labute approximate surface area is 115 Å². The van der Waals surface area contributed by atoms with E-state index in [1.54, 1.807) is 6.20 Å². The highest BCUT2D eigenvalue weighted by atomic mass is 35.5. The second-order valence-electron chi connectivity index (χ2n) is 5.23. The Morgan fingerprint density at radius 2 is 2.21 bits per heavy atom. The van der Waals surface area contributed by atoms with Crippen LogP contribution in [0.2, 0.25) is 5.28 Å². The summed E-state index contributed by atoms with van der Waals surface area (Å²) in [6.07, 6.45) is 4.37. The number of aromatic amines is 1. The van der Waals surface area contributed by atoms with Crippen LogP contribution < -0.4 is 4.90 Å². The van der Waals surface area contributed by atoms with Gasteiger partial charge in [-0.05, 0) is 31.0 Å². The standard InChI is InChI=1S/C12H15ClN6/c13-12-15-10-9(6-14-17-10)11(16-12)19-5-4-18-3-1-2-8(18)7-19/h6,8H,1-5,7H2,(H,14,15,16,17). The first-order valence-electron chi connectivity index (χ1n) is 6.67. The van der Waals surface area contributed by atoms with Crippen molar-refractivity contribution in [2.45, 2.75) is 18.9 Å². The van der Waals surface area contributed by atoms with E-state index in [0.29, 0.717) is 11.7 Å². The Morgan fingerprint density at radius 1 is 1.26 bits per heavy atom. The average molecular weight is 279 g/mol. The quantitative estimate of drug-likeness (QED) is 0.797. The number of nitrogens with one attached hydrogen (secondary N) is 1. The molecule has 0 radical (unpaired) electrons. The normalized spacial score (nSPS) is 24.1. The van der Waals surface area contributed by atoms with E-state index in [9.17, 15) is 0 Å². The minimum atomic E-state index is 0.278. The molecule has 4 heterocycles. The number of H-pyrrole nitrogens is 1. The lowest BCUT2D eigenvalue weighted by Crippen LogP contribution is -2.50. The van der Waals surface area contributed by atoms with Gasteiger partial charge in [0.15, 0.2) is 5.65 Å². The van der Waals surface area contributed by atoms with Crippen molar-refractivity contribution in [2.24, 2.45) is 0 Å². The fraction of sp³-hybridized carbons (Fsp3) is 0.583. The molecular weight excluding hydrogens is 264 g/mol. The van der Waals surface area contributed by atoms with Gasteiger partial charge in [-0.1, -0.05) is 0 Å². The second-order valence-corrected chi connectivity index (χ2v) is 5.56. The molecule has 7 heteroatoms. The molecule has 2 saturated heterocycles. The van der Waals surface area contributed by atoms with Crippen LogP contribution in [0, 0.1) is 0 Å². The molecule has 2 aromatic rings. The highest BCUT2D eigenvalue weighted by Gasteiger charge is 2.31. The number of fused-ring (bicyclic) bond motifs is 2. The van der Waals surface area contributed by atoms with Gasteiger partial charge in [0, 0.05) is 25.7 Å². The third-order valence-electron chi connectivity index (χ3n) is 4.15. The van der Waals surface area contributed by atoms with Crippen molar-refractivity contribution < 1.29 is 0 Å². The summed E-state index contributed by atoms with van der Waals surface area (Å²) in [7, 11) is 0. The SMILES string of the molecule is Clc1nc(N2CCN3CCCC3C2)c2cn[nH]c2n1. The Hall–Kier alpha value is -1.40. The number of anilines is 1. The Morgan fingerprint density at radius 3 is 3.16 bits per heavy atom. The summed E-state index contributed by atoms with van der Waals surface area (Å²) in [6, 6.07) is 0.657. The average Bonchev–Trinajstić information content (AvgIpc) is 3.04. The molecule has 0 bridgehead atoms. The molecule has 2 fully saturated rings. The minimum absolute atomic E-state index is 0.278. The molecule has 4 rings (SSSR count). The highest BCUT2D eigenvalue weighted by Crippen LogP contribution is 2.28. The Bertz CT molecular complexity index is 611. The lowest BCUT2D eigenvalue weighted by molar-refractivity contribution is 0.230. The fourth-order valence-corrected chi connectivity index (χ4v) is 3.38. The summed E-state index contributed by atoms with van der Waals surface area (Å²) in [4.78, 5) is 13.5. The summed E-state index contributed by atoms with van der Waals surface area (Å²) < 4.78 is 0. The zero-order chi connectivity index (χ0) is 12.8. The van der Waals surface area contributed by atoms with Crippen LogP contribution in [0.5, 0.6) is 0 Å². The summed E-state index contributed by atoms with van der Waals surface area (Å²) in [5.74, 6) is 0.912. The van der Waals surface area contributed by atoms with E-state index in [2.05, 4.69) is 30.0 Å². The molecular formula is C12H15ClN6. The summed E-state index contributed by atoms with van der Waals surface area (Å²) >= 11 is 6.00. The van der Waals surface area contributed by atoms with Gasteiger partial charge >= 0.3 is 0 Å². The van der Waals surface area contributed by atoms with Gasteiger partial charge in [-0.3, -0.25) is 10.00 Å². The molecule has 0 spiro atoms. The van der Waals surface area contributed by atoms with E-state index in [1.807, 2.05) is 0 Å². The third kappa shape index (κ3) is 1.86. The van der Waals surface area contributed by atoms with Crippen LogP contribution in [0.1, 0.15) is 12.8 Å². The molecule has 1 atom stereocenters. The number of nitrogens with zero attached hydrogens (tertiary/aromatic N) is 5. The van der Waals surface area contributed by atoms with E-state index in [-0.39, 0.29) is 5.28 Å². The lowest BCUT2D eigenvalue weighted by Gasteiger charge is -2.38. The number of hydrogen-bond donors (Lipinski definition) is 1. The Balaban J connectivity index is 1.72. The van der Waals surface area contributed by atoms with Crippen LogP contribution in [0.15, 0.2) is 6.20 Å². The Kier molecular flexibility index (Phi) is 2.60. The van der Waals surface area contributed by atoms with Crippen molar-refractivity contribution >= 4 is 28.5 Å². The van der Waals surface area contributed by atoms with E-state index >= 15 is 0 Å². The van der Waals surface area contributed by atoms with Crippen LogP contribution in [-0.2, 0) is 0 Å². The summed E-state index contributed by atoms with van der Waals surface area (Å²) in [5, 5.41) is 8.14. The van der Waals surface area contributed by atoms with Gasteiger partial charge < -0.3 is 4.90 Å². The molecule has 1 N–H and O–H groups in total. The summed E-state index contributed by atoms with van der Waals surface area (Å²) in [6.45, 7) is 4.35. The smallest absolute Gasteiger partial charge is 0.226 e. The van der Waals surface area contributed by atoms with Gasteiger partial charge in [-0.15, -0.1) is 0 Å². The van der Waals surface area contributed by atoms with E-state index in [1.165, 1.54) is 19.4 Å². The lowest BCUT2D eigenvalue weighted by atomic mass is 10.1. The van der Waals surface area contributed by atoms with Crippen LogP contribution in [-0.4, -0.2) is 57.3 Å². The zero-order valence-electron chi connectivity index (χ0n) is 10.5. The van der Waals surface area contributed by atoms with Crippen LogP contribution in [0.4, 0.5) is 5.82 Å². The van der Waals surface area contributed by atoms with Crippen molar-refractivity contribution in [3.05, 3.63) is 11.5 Å². The van der Waals surface area contributed by atoms with Crippen molar-refractivity contribution in [2.75, 3.05) is 31.1 Å². The van der Waals surface area contributed by atoms with Gasteiger partial charge in [0.05, 0.1) is 11.6 Å². The number of halogens is 1. The first-order chi connectivity index (χ1) is 9.31. The maximum atomic E-state index is 6.00. The third-order valence-corrected chi connectivity index (χ3v) is 4.32. The number of hydrogen-bond acceptors (Lipinski definition) is 5. The maximum absolute atomic E-state index is 6.00. The van der Waals surface area contributed by atoms with Crippen LogP contribution in [0.25, 0.3) is 11.0 Å². The molecule has 100 valence electrons. The topological polar surface area (TPSA) is 60.9 Å². The first-order valence-corrected chi connectivity index (χ1v) is 7.05. The minimum Gasteiger partial charge on any atom is -0.353 e. The molecule has 1 unspecified atom stereocenters. The monoisotopic (exact) mass is 278 g/mol. The fourth-order valence-electron chi connectivity index (χ4n) is 3.22. The molecule has 2 aromatic heterocycles. The van der Waals surface area contributed by atoms with Crippen molar-refractivity contribution in [3.63, 3.8) is 0 Å². The molecule has 0 saturated carbocycles. The van der Waals surface area contributed by atoms with E-state index in [4.69, 9.17) is 11.6 Å². The van der Waals surface area contributed by atoms with Gasteiger partial charge in [0.2, 0.25) is 5.28 Å². The molecule has 2 aliphatic heterocycles. The van der Waals surface area contributed by atoms with E-state index < -0.39 is 0 Å². The molecule has 6 nitrogen and oxygen atoms in total. The summed E-state index contributed by atoms with van der Waals surface area (Å²) in [5.41, 5.74) is 0.712. The second kappa shape index (κ2) is 4.31. The maximum Gasteiger partial charge on any atom is 0.226 e. The molecule has 2 aliphatic rings. The molecule has 0 aliphatic carbocycles. The van der Waals surface area contributed by atoms with Gasteiger partial charge in [-0.25, -0.2) is 0 Å². The van der Waals surface area contributed by atoms with Crippen molar-refractivity contribution in [3.8, 4) is 0 Å². The number of rotatable bonds is 1. The van der Waals surface area contributed by atoms with Gasteiger partial charge in [0.25, 0.3) is 0 Å². The van der Waals surface area contributed by atoms with Crippen LogP contribution in [0.3, 0.4) is 0 Å². The number of aromatic nitrogens is 4. The molecule has 0 aromatic carbocycles. The first kappa shape index (κ1) is 11.4. The largest absolute Gasteiger partial charge is 0.353 e. The van der Waals surface area contributed by atoms with Gasteiger partial charge in [0.1, 0.15) is 5.82 Å². The highest BCUT2D eigenvalue weighted by molar-refractivity contribution is 6.28. The van der Waals surface area contributed by atoms with Crippen molar-refractivity contribution in [1.29, 1.82) is 0 Å². The molecule has 0 amide bonds. The van der Waals surface area contributed by atoms with Gasteiger partial charge in [-0.2, -0.15) is 15.1 Å². The van der Waals surface area contributed by atoms with Crippen molar-refractivity contribution in [1.82, 2.24) is 25.1 Å². The van der Waals surface area contributed by atoms with E-state index in [0.717, 1.165) is 30.8 Å².